The summed E-state index contributed by atoms with van der Waals surface area (Å²) in [6.45, 7) is 2.75. The van der Waals surface area contributed by atoms with Crippen LogP contribution < -0.4 is 10.6 Å². The van der Waals surface area contributed by atoms with Crippen LogP contribution in [0.3, 0.4) is 0 Å². The van der Waals surface area contributed by atoms with Crippen LogP contribution in [0.5, 0.6) is 0 Å². The van der Waals surface area contributed by atoms with E-state index in [0.717, 1.165) is 37.9 Å². The molecule has 0 aromatic rings. The maximum Gasteiger partial charge on any atom is 0.228 e. The summed E-state index contributed by atoms with van der Waals surface area (Å²) in [7, 11) is 0. The van der Waals surface area contributed by atoms with Crippen molar-refractivity contribution in [2.24, 2.45) is 17.3 Å². The second kappa shape index (κ2) is 2.02. The Labute approximate surface area is 71.9 Å². The van der Waals surface area contributed by atoms with Gasteiger partial charge in [0.15, 0.2) is 0 Å². The molecule has 1 spiro atoms. The molecule has 2 aliphatic heterocycles. The Bertz CT molecular complexity index is 235. The van der Waals surface area contributed by atoms with Crippen LogP contribution in [0.25, 0.3) is 0 Å². The molecule has 3 heteroatoms. The predicted molar refractivity (Wildman–Crippen MR) is 44.5 cm³/mol. The molecule has 0 bridgehead atoms. The number of carbonyl (C=O) groups is 1. The molecule has 2 N–H and O–H groups in total. The molecule has 1 amide bonds. The van der Waals surface area contributed by atoms with Crippen LogP contribution in [0, 0.1) is 17.3 Å². The van der Waals surface area contributed by atoms with Gasteiger partial charge in [0.2, 0.25) is 5.91 Å². The van der Waals surface area contributed by atoms with Gasteiger partial charge < -0.3 is 10.6 Å². The first kappa shape index (κ1) is 6.89. The van der Waals surface area contributed by atoms with E-state index in [0.29, 0.717) is 5.91 Å². The highest BCUT2D eigenvalue weighted by Gasteiger charge is 2.53. The molecular formula is C9H14N2O. The zero-order valence-electron chi connectivity index (χ0n) is 7.10. The number of carbonyl (C=O) groups excluding carboxylic acids is 1. The zero-order valence-corrected chi connectivity index (χ0v) is 7.10. The molecule has 2 heterocycles. The highest BCUT2D eigenvalue weighted by molar-refractivity contribution is 5.84. The van der Waals surface area contributed by atoms with E-state index < -0.39 is 0 Å². The van der Waals surface area contributed by atoms with Crippen molar-refractivity contribution in [1.29, 1.82) is 0 Å². The lowest BCUT2D eigenvalue weighted by atomic mass is 9.76. The first-order valence-corrected chi connectivity index (χ1v) is 4.79. The fourth-order valence-electron chi connectivity index (χ4n) is 2.55. The molecule has 0 aromatic carbocycles. The standard InChI is InChI=1S/C9H14N2O/c12-8-9(4-10-5-9)2-6-1-7(6)3-11-8/h6-7,10H,1-5H2,(H,11,12)/t6-,7+/m0/s1. The van der Waals surface area contributed by atoms with Crippen molar-refractivity contribution < 1.29 is 4.79 Å². The molecule has 3 nitrogen and oxygen atoms in total. The monoisotopic (exact) mass is 166 g/mol. The van der Waals surface area contributed by atoms with Gasteiger partial charge in [0.05, 0.1) is 5.41 Å². The van der Waals surface area contributed by atoms with E-state index in [1.54, 1.807) is 0 Å². The third kappa shape index (κ3) is 0.774. The van der Waals surface area contributed by atoms with Crippen LogP contribution in [0.4, 0.5) is 0 Å². The Morgan fingerprint density at radius 1 is 1.33 bits per heavy atom. The molecular weight excluding hydrogens is 152 g/mol. The summed E-state index contributed by atoms with van der Waals surface area (Å²) < 4.78 is 0. The highest BCUT2D eigenvalue weighted by Crippen LogP contribution is 2.49. The van der Waals surface area contributed by atoms with Crippen molar-refractivity contribution in [3.63, 3.8) is 0 Å². The SMILES string of the molecule is O=C1NC[C@H]2C[C@H]2CC12CNC2. The zero-order chi connectivity index (χ0) is 8.18. The number of hydrogen-bond donors (Lipinski definition) is 2. The van der Waals surface area contributed by atoms with Crippen LogP contribution in [-0.2, 0) is 4.79 Å². The lowest BCUT2D eigenvalue weighted by molar-refractivity contribution is -0.134. The van der Waals surface area contributed by atoms with E-state index in [2.05, 4.69) is 10.6 Å². The third-order valence-corrected chi connectivity index (χ3v) is 3.66. The van der Waals surface area contributed by atoms with Crippen LogP contribution >= 0.6 is 0 Å². The molecule has 3 rings (SSSR count). The summed E-state index contributed by atoms with van der Waals surface area (Å²) in [6, 6.07) is 0. The number of amides is 1. The Balaban J connectivity index is 1.84. The predicted octanol–water partition coefficient (Wildman–Crippen LogP) is -0.268. The molecule has 1 saturated carbocycles. The van der Waals surface area contributed by atoms with E-state index in [1.807, 2.05) is 0 Å². The van der Waals surface area contributed by atoms with Gasteiger partial charge in [-0.2, -0.15) is 0 Å². The van der Waals surface area contributed by atoms with E-state index >= 15 is 0 Å². The van der Waals surface area contributed by atoms with E-state index in [-0.39, 0.29) is 5.41 Å². The largest absolute Gasteiger partial charge is 0.355 e. The average Bonchev–Trinajstić information content (AvgIpc) is 2.69. The molecule has 0 aromatic heterocycles. The summed E-state index contributed by atoms with van der Waals surface area (Å²) in [5.74, 6) is 1.97. The summed E-state index contributed by atoms with van der Waals surface area (Å²) in [5.41, 5.74) is -0.00405. The van der Waals surface area contributed by atoms with Crippen LogP contribution in [-0.4, -0.2) is 25.5 Å². The smallest absolute Gasteiger partial charge is 0.228 e. The van der Waals surface area contributed by atoms with Crippen molar-refractivity contribution in [3.05, 3.63) is 0 Å². The number of nitrogens with one attached hydrogen (secondary N) is 2. The van der Waals surface area contributed by atoms with Crippen molar-refractivity contribution in [3.8, 4) is 0 Å². The quantitative estimate of drug-likeness (QED) is 0.520. The minimum Gasteiger partial charge on any atom is -0.355 e. The molecule has 1 aliphatic carbocycles. The van der Waals surface area contributed by atoms with Gasteiger partial charge in [-0.15, -0.1) is 0 Å². The van der Waals surface area contributed by atoms with Gasteiger partial charge in [-0.3, -0.25) is 4.79 Å². The highest BCUT2D eigenvalue weighted by atomic mass is 16.2. The Kier molecular flexibility index (Phi) is 1.16. The maximum atomic E-state index is 11.6. The van der Waals surface area contributed by atoms with E-state index in [4.69, 9.17) is 0 Å². The fourth-order valence-corrected chi connectivity index (χ4v) is 2.55. The third-order valence-electron chi connectivity index (χ3n) is 3.66. The number of hydrogen-bond acceptors (Lipinski definition) is 2. The first-order chi connectivity index (χ1) is 5.80. The molecule has 2 saturated heterocycles. The van der Waals surface area contributed by atoms with E-state index in [9.17, 15) is 4.79 Å². The van der Waals surface area contributed by atoms with Gasteiger partial charge in [-0.25, -0.2) is 0 Å². The summed E-state index contributed by atoms with van der Waals surface area (Å²) in [6.07, 6.45) is 2.48. The van der Waals surface area contributed by atoms with Crippen LogP contribution in [0.15, 0.2) is 0 Å². The average molecular weight is 166 g/mol. The number of fused-ring (bicyclic) bond motifs is 1. The maximum absolute atomic E-state index is 11.6. The van der Waals surface area contributed by atoms with Gasteiger partial charge in [0.25, 0.3) is 0 Å². The molecule has 3 aliphatic rings. The summed E-state index contributed by atoms with van der Waals surface area (Å²) >= 11 is 0. The van der Waals surface area contributed by atoms with Gasteiger partial charge in [0.1, 0.15) is 0 Å². The van der Waals surface area contributed by atoms with E-state index in [1.165, 1.54) is 6.42 Å². The van der Waals surface area contributed by atoms with Gasteiger partial charge in [-0.05, 0) is 24.7 Å². The Hall–Kier alpha value is -0.570. The fraction of sp³-hybridized carbons (Fsp3) is 0.889. The summed E-state index contributed by atoms with van der Waals surface area (Å²) in [4.78, 5) is 11.6. The molecule has 66 valence electrons. The number of rotatable bonds is 0. The molecule has 12 heavy (non-hydrogen) atoms. The Morgan fingerprint density at radius 2 is 2.17 bits per heavy atom. The molecule has 0 unspecified atom stereocenters. The summed E-state index contributed by atoms with van der Waals surface area (Å²) in [5, 5.41) is 6.26. The van der Waals surface area contributed by atoms with Crippen molar-refractivity contribution in [2.75, 3.05) is 19.6 Å². The van der Waals surface area contributed by atoms with Crippen molar-refractivity contribution >= 4 is 5.91 Å². The molecule has 2 atom stereocenters. The topological polar surface area (TPSA) is 41.1 Å². The lowest BCUT2D eigenvalue weighted by Crippen LogP contribution is -2.61. The first-order valence-electron chi connectivity index (χ1n) is 4.79. The van der Waals surface area contributed by atoms with Gasteiger partial charge in [0, 0.05) is 19.6 Å². The van der Waals surface area contributed by atoms with Crippen LogP contribution in [0.2, 0.25) is 0 Å². The minimum atomic E-state index is -0.00405. The normalized spacial score (nSPS) is 42.5. The molecule has 3 fully saturated rings. The second-order valence-electron chi connectivity index (χ2n) is 4.55. The molecule has 0 radical (unpaired) electrons. The lowest BCUT2D eigenvalue weighted by Gasteiger charge is -2.40. The second-order valence-corrected chi connectivity index (χ2v) is 4.55. The van der Waals surface area contributed by atoms with Crippen LogP contribution in [0.1, 0.15) is 12.8 Å². The minimum absolute atomic E-state index is 0.00405. The Morgan fingerprint density at radius 3 is 2.83 bits per heavy atom. The van der Waals surface area contributed by atoms with Crippen molar-refractivity contribution in [2.45, 2.75) is 12.8 Å². The van der Waals surface area contributed by atoms with Crippen molar-refractivity contribution in [1.82, 2.24) is 10.6 Å². The van der Waals surface area contributed by atoms with Gasteiger partial charge >= 0.3 is 0 Å². The van der Waals surface area contributed by atoms with Gasteiger partial charge in [-0.1, -0.05) is 0 Å².